The molecule has 0 unspecified atom stereocenters. The molecule has 1 aliphatic heterocycles. The summed E-state index contributed by atoms with van der Waals surface area (Å²) >= 11 is 0.697. The lowest BCUT2D eigenvalue weighted by molar-refractivity contribution is -0.140. The van der Waals surface area contributed by atoms with Crippen LogP contribution in [-0.2, 0) is 9.59 Å². The van der Waals surface area contributed by atoms with Gasteiger partial charge in [-0.05, 0) is 23.9 Å². The molecule has 2 heterocycles. The summed E-state index contributed by atoms with van der Waals surface area (Å²) in [6.45, 7) is -0.625. The van der Waals surface area contributed by atoms with Crippen LogP contribution in [0.1, 0.15) is 5.76 Å². The average molecular weight is 253 g/mol. The Labute approximate surface area is 99.9 Å². The molecular weight excluding hydrogens is 246 g/mol. The van der Waals surface area contributed by atoms with Crippen LogP contribution >= 0.6 is 11.8 Å². The molecule has 0 radical (unpaired) electrons. The van der Waals surface area contributed by atoms with Gasteiger partial charge in [0.2, 0.25) is 0 Å². The Balaban J connectivity index is 2.21. The maximum Gasteiger partial charge on any atom is 0.323 e. The van der Waals surface area contributed by atoms with Crippen molar-refractivity contribution in [3.63, 3.8) is 0 Å². The number of imide groups is 1. The van der Waals surface area contributed by atoms with Crippen molar-refractivity contribution in [2.45, 2.75) is 0 Å². The van der Waals surface area contributed by atoms with E-state index in [9.17, 15) is 14.4 Å². The second-order valence-corrected chi connectivity index (χ2v) is 4.17. The van der Waals surface area contributed by atoms with Gasteiger partial charge in [0, 0.05) is 6.08 Å². The molecule has 1 fully saturated rings. The van der Waals surface area contributed by atoms with Crippen LogP contribution in [0.3, 0.4) is 0 Å². The molecular formula is C10H7NO5S. The van der Waals surface area contributed by atoms with Gasteiger partial charge in [-0.3, -0.25) is 19.3 Å². The first-order valence-electron chi connectivity index (χ1n) is 4.58. The van der Waals surface area contributed by atoms with Gasteiger partial charge in [-0.25, -0.2) is 0 Å². The highest BCUT2D eigenvalue weighted by atomic mass is 32.2. The van der Waals surface area contributed by atoms with E-state index in [2.05, 4.69) is 0 Å². The predicted molar refractivity (Wildman–Crippen MR) is 59.0 cm³/mol. The average Bonchev–Trinajstić information content (AvgIpc) is 2.83. The number of carboxylic acid groups (broad SMARTS) is 1. The monoisotopic (exact) mass is 253 g/mol. The molecule has 6 nitrogen and oxygen atoms in total. The number of nitrogens with zero attached hydrogens (tertiary/aromatic N) is 1. The molecule has 0 spiro atoms. The minimum absolute atomic E-state index is 0.159. The zero-order valence-electron chi connectivity index (χ0n) is 8.45. The fraction of sp³-hybridized carbons (Fsp3) is 0.100. The maximum absolute atomic E-state index is 11.7. The van der Waals surface area contributed by atoms with Gasteiger partial charge in [0.15, 0.2) is 0 Å². The molecule has 1 aromatic rings. The second-order valence-electron chi connectivity index (χ2n) is 3.18. The summed E-state index contributed by atoms with van der Waals surface area (Å²) in [6, 6.07) is 3.28. The topological polar surface area (TPSA) is 87.8 Å². The summed E-state index contributed by atoms with van der Waals surface area (Å²) in [6.07, 6.45) is 2.85. The Bertz CT molecular complexity index is 505. The number of carbonyl (C=O) groups is 3. The molecule has 7 heteroatoms. The van der Waals surface area contributed by atoms with Crippen molar-refractivity contribution in [3.8, 4) is 0 Å². The van der Waals surface area contributed by atoms with Crippen LogP contribution < -0.4 is 0 Å². The second kappa shape index (κ2) is 4.46. The van der Waals surface area contributed by atoms with E-state index >= 15 is 0 Å². The van der Waals surface area contributed by atoms with Crippen LogP contribution in [0.2, 0.25) is 0 Å². The lowest BCUT2D eigenvalue weighted by Crippen LogP contribution is -2.33. The van der Waals surface area contributed by atoms with E-state index in [0.29, 0.717) is 22.4 Å². The highest BCUT2D eigenvalue weighted by Crippen LogP contribution is 2.31. The van der Waals surface area contributed by atoms with Gasteiger partial charge >= 0.3 is 5.97 Å². The molecule has 2 amide bonds. The van der Waals surface area contributed by atoms with Gasteiger partial charge in [-0.15, -0.1) is 0 Å². The fourth-order valence-corrected chi connectivity index (χ4v) is 2.09. The lowest BCUT2D eigenvalue weighted by atomic mass is 10.3. The number of hydrogen-bond donors (Lipinski definition) is 1. The molecule has 1 aliphatic rings. The summed E-state index contributed by atoms with van der Waals surface area (Å²) in [4.78, 5) is 34.4. The van der Waals surface area contributed by atoms with E-state index in [4.69, 9.17) is 9.52 Å². The predicted octanol–water partition coefficient (Wildman–Crippen LogP) is 1.40. The van der Waals surface area contributed by atoms with E-state index in [1.165, 1.54) is 12.3 Å². The van der Waals surface area contributed by atoms with Crippen LogP contribution in [0.4, 0.5) is 4.79 Å². The highest BCUT2D eigenvalue weighted by molar-refractivity contribution is 8.18. The zero-order chi connectivity index (χ0) is 12.4. The first-order valence-corrected chi connectivity index (χ1v) is 5.40. The molecule has 0 aliphatic carbocycles. The summed E-state index contributed by atoms with van der Waals surface area (Å²) in [5.74, 6) is -1.41. The number of rotatable bonds is 3. The molecule has 1 saturated heterocycles. The molecule has 1 aromatic heterocycles. The van der Waals surface area contributed by atoms with Crippen LogP contribution in [-0.4, -0.2) is 33.7 Å². The smallest absolute Gasteiger partial charge is 0.323 e. The highest BCUT2D eigenvalue weighted by Gasteiger charge is 2.36. The zero-order valence-corrected chi connectivity index (χ0v) is 9.27. The third-order valence-electron chi connectivity index (χ3n) is 1.98. The number of carboxylic acids is 1. The first kappa shape index (κ1) is 11.5. The number of aliphatic carboxylic acids is 1. The van der Waals surface area contributed by atoms with Crippen molar-refractivity contribution in [1.82, 2.24) is 4.90 Å². The van der Waals surface area contributed by atoms with Gasteiger partial charge in [0.1, 0.15) is 12.3 Å². The Kier molecular flexibility index (Phi) is 3.01. The van der Waals surface area contributed by atoms with E-state index in [1.54, 1.807) is 12.1 Å². The van der Waals surface area contributed by atoms with Crippen molar-refractivity contribution in [1.29, 1.82) is 0 Å². The van der Waals surface area contributed by atoms with Crippen molar-refractivity contribution in [3.05, 3.63) is 29.1 Å². The molecule has 17 heavy (non-hydrogen) atoms. The normalized spacial score (nSPS) is 18.1. The molecule has 1 N–H and O–H groups in total. The number of thioether (sulfide) groups is 1. The maximum atomic E-state index is 11.7. The SMILES string of the molecule is O=C(O)CN1C(=O)S/C(=C\c2ccco2)C1=O. The minimum Gasteiger partial charge on any atom is -0.480 e. The largest absolute Gasteiger partial charge is 0.480 e. The third-order valence-corrected chi connectivity index (χ3v) is 2.89. The number of hydrogen-bond acceptors (Lipinski definition) is 5. The standard InChI is InChI=1S/C10H7NO5S/c12-8(13)5-11-9(14)7(17-10(11)15)4-6-2-1-3-16-6/h1-4H,5H2,(H,12,13)/b7-4-. The van der Waals surface area contributed by atoms with E-state index in [1.807, 2.05) is 0 Å². The van der Waals surface area contributed by atoms with Crippen LogP contribution in [0.5, 0.6) is 0 Å². The van der Waals surface area contributed by atoms with Crippen LogP contribution in [0, 0.1) is 0 Å². The summed E-state index contributed by atoms with van der Waals surface area (Å²) in [5, 5.41) is 7.97. The van der Waals surface area contributed by atoms with Crippen molar-refractivity contribution < 1.29 is 23.9 Å². The third kappa shape index (κ3) is 2.39. The number of carbonyl (C=O) groups excluding carboxylic acids is 2. The molecule has 2 rings (SSSR count). The number of amides is 2. The van der Waals surface area contributed by atoms with E-state index < -0.39 is 23.7 Å². The minimum atomic E-state index is -1.23. The van der Waals surface area contributed by atoms with Gasteiger partial charge in [0.05, 0.1) is 11.2 Å². The van der Waals surface area contributed by atoms with E-state index in [0.717, 1.165) is 0 Å². The van der Waals surface area contributed by atoms with Gasteiger partial charge in [0.25, 0.3) is 11.1 Å². The molecule has 0 saturated carbocycles. The van der Waals surface area contributed by atoms with Gasteiger partial charge < -0.3 is 9.52 Å². The molecule has 0 atom stereocenters. The molecule has 0 bridgehead atoms. The molecule has 0 aromatic carbocycles. The van der Waals surface area contributed by atoms with Crippen LogP contribution in [0.25, 0.3) is 6.08 Å². The Morgan fingerprint density at radius 1 is 1.53 bits per heavy atom. The summed E-state index contributed by atoms with van der Waals surface area (Å²) in [5.41, 5.74) is 0. The lowest BCUT2D eigenvalue weighted by Gasteiger charge is -2.07. The van der Waals surface area contributed by atoms with Crippen molar-refractivity contribution in [2.24, 2.45) is 0 Å². The Morgan fingerprint density at radius 2 is 2.29 bits per heavy atom. The Hall–Kier alpha value is -2.02. The summed E-state index contributed by atoms with van der Waals surface area (Å²) in [7, 11) is 0. The number of furan rings is 1. The quantitative estimate of drug-likeness (QED) is 0.819. The Morgan fingerprint density at radius 3 is 2.88 bits per heavy atom. The van der Waals surface area contributed by atoms with Crippen molar-refractivity contribution in [2.75, 3.05) is 6.54 Å². The van der Waals surface area contributed by atoms with Crippen LogP contribution in [0.15, 0.2) is 27.7 Å². The first-order chi connectivity index (χ1) is 8.08. The van der Waals surface area contributed by atoms with E-state index in [-0.39, 0.29) is 4.91 Å². The summed E-state index contributed by atoms with van der Waals surface area (Å²) < 4.78 is 5.01. The van der Waals surface area contributed by atoms with Gasteiger partial charge in [-0.2, -0.15) is 0 Å². The van der Waals surface area contributed by atoms with Crippen molar-refractivity contribution >= 4 is 35.0 Å². The molecule has 88 valence electrons. The van der Waals surface area contributed by atoms with Gasteiger partial charge in [-0.1, -0.05) is 0 Å². The fourth-order valence-electron chi connectivity index (χ4n) is 1.27.